The molecule has 3 aromatic carbocycles. The minimum atomic E-state index is -3.09. The van der Waals surface area contributed by atoms with E-state index in [0.29, 0.717) is 40.5 Å². The third-order valence-electron chi connectivity index (χ3n) is 11.6. The fourth-order valence-corrected chi connectivity index (χ4v) is 10.9. The average Bonchev–Trinajstić information content (AvgIpc) is 4.13. The second kappa shape index (κ2) is 29.5. The molecule has 83 heavy (non-hydrogen) atoms. The Hall–Kier alpha value is -7.71. The van der Waals surface area contributed by atoms with Gasteiger partial charge in [0.1, 0.15) is 55.2 Å². The Bertz CT molecular complexity index is 3780. The first-order chi connectivity index (χ1) is 39.7. The molecule has 6 atom stereocenters. The van der Waals surface area contributed by atoms with E-state index in [-0.39, 0.29) is 80.7 Å². The Morgan fingerprint density at radius 2 is 0.952 bits per heavy atom. The summed E-state index contributed by atoms with van der Waals surface area (Å²) in [5, 5.41) is 0. The van der Waals surface area contributed by atoms with Crippen molar-refractivity contribution < 1.29 is 55.3 Å². The molecule has 0 bridgehead atoms. The highest BCUT2D eigenvalue weighted by molar-refractivity contribution is 7.58. The van der Waals surface area contributed by atoms with Gasteiger partial charge in [0.15, 0.2) is 33.8 Å². The fourth-order valence-electron chi connectivity index (χ4n) is 7.73. The van der Waals surface area contributed by atoms with Gasteiger partial charge >= 0.3 is 0 Å². The molecule has 6 heterocycles. The van der Waals surface area contributed by atoms with E-state index in [1.165, 1.54) is 52.4 Å². The van der Waals surface area contributed by atoms with Crippen LogP contribution in [0.4, 0.5) is 22.1 Å². The molecule has 0 aliphatic rings. The molecule has 9 aromatic rings. The number of rotatable bonds is 27. The molecule has 0 saturated heterocycles. The lowest BCUT2D eigenvalue weighted by atomic mass is 10.2. The van der Waals surface area contributed by atoms with Gasteiger partial charge in [0.05, 0.1) is 70.6 Å². The van der Waals surface area contributed by atoms with Crippen LogP contribution in [0.2, 0.25) is 0 Å². The van der Waals surface area contributed by atoms with E-state index in [4.69, 9.17) is 54.5 Å². The Kier molecular flexibility index (Phi) is 22.4. The molecule has 28 nitrogen and oxygen atoms in total. The van der Waals surface area contributed by atoms with Crippen LogP contribution in [0, 0.1) is 0 Å². The first-order valence-electron chi connectivity index (χ1n) is 25.3. The summed E-state index contributed by atoms with van der Waals surface area (Å²) in [4.78, 5) is 57.1. The lowest BCUT2D eigenvalue weighted by Crippen LogP contribution is -2.26. The Labute approximate surface area is 474 Å². The summed E-state index contributed by atoms with van der Waals surface area (Å²) >= 11 is 0. The third kappa shape index (κ3) is 18.9. The van der Waals surface area contributed by atoms with Gasteiger partial charge in [-0.25, -0.2) is 29.3 Å². The van der Waals surface area contributed by atoms with Crippen molar-refractivity contribution in [1.29, 1.82) is 0 Å². The molecule has 0 radical (unpaired) electrons. The topological polar surface area (TPSA) is 374 Å². The van der Waals surface area contributed by atoms with Crippen molar-refractivity contribution in [2.75, 3.05) is 90.3 Å². The first-order valence-corrected chi connectivity index (χ1v) is 32.1. The number of hydrogen-bond acceptors (Lipinski definition) is 23. The van der Waals surface area contributed by atoms with Crippen molar-refractivity contribution in [1.82, 2.24) is 58.6 Å². The summed E-state index contributed by atoms with van der Waals surface area (Å²) in [5.74, 6) is 1.24. The zero-order chi connectivity index (χ0) is 59.6. The number of aromatic amines is 2. The van der Waals surface area contributed by atoms with Crippen LogP contribution >= 0.6 is 22.1 Å². The molecule has 3 unspecified atom stereocenters. The number of benzene rings is 3. The van der Waals surface area contributed by atoms with Crippen LogP contribution < -0.4 is 37.4 Å². The van der Waals surface area contributed by atoms with E-state index in [9.17, 15) is 27.7 Å². The standard InChI is InChI=1S/C18H24N5O5P.C17H22N5O5P.C16H19FN5O3P/c1-26-10-14(8-23-11-20-15-16(23)21-18(19)22-17(15)24)27-12-29(2,25)28-9-13-6-4-3-5-7-13;1-25-9-13(26-11-28(2,24)27-12-6-4-3-5-7-12)8-22-10-19-14-15(22)20-17(18)21-16(14)23;1-26(23,25-12-5-3-2-4-6-12)11-24-13(7-17)8-22-10-21-14-15(18)19-9-20-16(14)22/h3-7,11,14H,8-10,12H2,1-2H3,(H3,19,21,22,24);3-7,10,13H,8-9,11H2,1-2H3,(H3,18,20,21,23);2-6,9-10,13H,7-8,11H2,1H3,(H2,18,19,20)/t14-,29?;13-,28?;13-,26?/m110/s1. The van der Waals surface area contributed by atoms with Crippen molar-refractivity contribution in [3.05, 3.63) is 143 Å². The molecule has 9 rings (SSSR count). The van der Waals surface area contributed by atoms with E-state index in [1.54, 1.807) is 69.3 Å². The molecule has 0 fully saturated rings. The molecule has 0 spiro atoms. The highest BCUT2D eigenvalue weighted by Gasteiger charge is 2.25. The number of aromatic nitrogens is 12. The number of para-hydroxylation sites is 2. The minimum Gasteiger partial charge on any atom is -0.441 e. The summed E-state index contributed by atoms with van der Waals surface area (Å²) in [5.41, 5.74) is 19.0. The molecule has 32 heteroatoms. The van der Waals surface area contributed by atoms with E-state index in [2.05, 4.69) is 44.9 Å². The highest BCUT2D eigenvalue weighted by atomic mass is 31.2. The van der Waals surface area contributed by atoms with Crippen LogP contribution in [0.1, 0.15) is 5.56 Å². The number of ether oxygens (including phenoxy) is 5. The molecule has 0 aliphatic heterocycles. The quantitative estimate of drug-likeness (QED) is 0.0358. The van der Waals surface area contributed by atoms with Crippen molar-refractivity contribution in [2.24, 2.45) is 0 Å². The second-order valence-corrected chi connectivity index (χ2v) is 26.3. The number of methoxy groups -OCH3 is 2. The summed E-state index contributed by atoms with van der Waals surface area (Å²) in [6, 6.07) is 27.2. The Morgan fingerprint density at radius 3 is 1.41 bits per heavy atom. The van der Waals surface area contributed by atoms with Crippen LogP contribution in [-0.4, -0.2) is 150 Å². The average molecular weight is 1210 g/mol. The number of fused-ring (bicyclic) bond motifs is 3. The monoisotopic (exact) mass is 1210 g/mol. The van der Waals surface area contributed by atoms with Crippen molar-refractivity contribution >= 4 is 73.3 Å². The number of imidazole rings is 3. The van der Waals surface area contributed by atoms with Gasteiger partial charge in [0, 0.05) is 34.2 Å². The highest BCUT2D eigenvalue weighted by Crippen LogP contribution is 2.45. The van der Waals surface area contributed by atoms with Gasteiger partial charge in [-0.2, -0.15) is 9.97 Å². The summed E-state index contributed by atoms with van der Waals surface area (Å²) in [7, 11) is -6.03. The van der Waals surface area contributed by atoms with Gasteiger partial charge in [-0.3, -0.25) is 33.3 Å². The predicted octanol–water partition coefficient (Wildman–Crippen LogP) is 6.20. The number of nitrogens with two attached hydrogens (primary N) is 3. The number of hydrogen-bond donors (Lipinski definition) is 5. The molecule has 444 valence electrons. The molecule has 6 aromatic heterocycles. The van der Waals surface area contributed by atoms with Gasteiger partial charge in [0.25, 0.3) is 25.9 Å². The third-order valence-corrected chi connectivity index (χ3v) is 15.3. The number of halogens is 1. The van der Waals surface area contributed by atoms with Crippen LogP contribution in [0.3, 0.4) is 0 Å². The summed E-state index contributed by atoms with van der Waals surface area (Å²) in [6.45, 7) is 5.19. The fraction of sp³-hybridized carbons (Fsp3) is 0.353. The van der Waals surface area contributed by atoms with Crippen LogP contribution in [0.15, 0.2) is 126 Å². The van der Waals surface area contributed by atoms with Gasteiger partial charge in [-0.1, -0.05) is 66.7 Å². The number of nitrogens with one attached hydrogen (secondary N) is 2. The lowest BCUT2D eigenvalue weighted by molar-refractivity contribution is 0.00592. The van der Waals surface area contributed by atoms with E-state index in [1.807, 2.05) is 42.5 Å². The zero-order valence-electron chi connectivity index (χ0n) is 46.0. The molecular weight excluding hydrogens is 1140 g/mol. The Morgan fingerprint density at radius 1 is 0.542 bits per heavy atom. The SMILES string of the molecule is COC[C@@H](Cn1cnc2c(=O)[nH]c(N)nc21)OCP(C)(=O)OCc1ccccc1.COC[C@@H](Cn1cnc2c(=O)[nH]c(N)nc21)OCP(C)(=O)Oc1ccccc1.CP(=O)(CO[C@@H](CF)Cn1cnc2c(N)ncnc21)Oc1ccccc1. The second-order valence-electron chi connectivity index (χ2n) is 18.8. The van der Waals surface area contributed by atoms with Crippen LogP contribution in [0.25, 0.3) is 33.5 Å². The van der Waals surface area contributed by atoms with Gasteiger partial charge in [-0.05, 0) is 29.8 Å². The number of nitrogens with zero attached hydrogens (tertiary/aromatic N) is 10. The molecular formula is C51H65FN15O13P3. The van der Waals surface area contributed by atoms with Crippen LogP contribution in [-0.2, 0) is 68.1 Å². The van der Waals surface area contributed by atoms with Gasteiger partial charge in [-0.15, -0.1) is 0 Å². The van der Waals surface area contributed by atoms with Crippen molar-refractivity contribution in [3.63, 3.8) is 0 Å². The van der Waals surface area contributed by atoms with Gasteiger partial charge < -0.3 is 68.2 Å². The van der Waals surface area contributed by atoms with Crippen molar-refractivity contribution in [2.45, 2.75) is 44.6 Å². The lowest BCUT2D eigenvalue weighted by Gasteiger charge is -2.21. The molecule has 0 saturated carbocycles. The molecule has 0 aliphatic carbocycles. The number of anilines is 3. The summed E-state index contributed by atoms with van der Waals surface area (Å²) < 4.78 is 100. The molecule has 0 amide bonds. The first kappa shape index (κ1) is 62.9. The maximum Gasteiger partial charge on any atom is 0.280 e. The number of nitrogen functional groups attached to an aromatic ring is 3. The van der Waals surface area contributed by atoms with E-state index < -0.39 is 58.2 Å². The van der Waals surface area contributed by atoms with Gasteiger partial charge in [0.2, 0.25) is 19.3 Å². The van der Waals surface area contributed by atoms with Crippen LogP contribution in [0.5, 0.6) is 11.5 Å². The smallest absolute Gasteiger partial charge is 0.280 e. The van der Waals surface area contributed by atoms with Crippen molar-refractivity contribution in [3.8, 4) is 11.5 Å². The van der Waals surface area contributed by atoms with E-state index >= 15 is 0 Å². The summed E-state index contributed by atoms with van der Waals surface area (Å²) in [6.07, 6.45) is 3.65. The number of alkyl halides is 1. The zero-order valence-corrected chi connectivity index (χ0v) is 48.7. The Balaban J connectivity index is 0.000000179. The largest absolute Gasteiger partial charge is 0.441 e. The maximum absolute atomic E-state index is 13.4. The minimum absolute atomic E-state index is 0.000770. The normalized spacial score (nSPS) is 14.7. The van der Waals surface area contributed by atoms with E-state index in [0.717, 1.165) is 5.56 Å². The number of H-pyrrole nitrogens is 2. The predicted molar refractivity (Wildman–Crippen MR) is 310 cm³/mol. The maximum atomic E-state index is 13.4. The molecule has 8 N–H and O–H groups in total.